The van der Waals surface area contributed by atoms with Crippen molar-refractivity contribution in [2.75, 3.05) is 5.32 Å². The first-order chi connectivity index (χ1) is 10.9. The predicted octanol–water partition coefficient (Wildman–Crippen LogP) is 4.37. The molecule has 23 heavy (non-hydrogen) atoms. The molecule has 2 aromatic carbocycles. The molecule has 0 spiro atoms. The van der Waals surface area contributed by atoms with E-state index in [2.05, 4.69) is 21.2 Å². The van der Waals surface area contributed by atoms with E-state index in [-0.39, 0.29) is 11.7 Å². The molecule has 1 amide bonds. The van der Waals surface area contributed by atoms with Gasteiger partial charge in [0.25, 0.3) is 5.91 Å². The Labute approximate surface area is 144 Å². The second-order valence-corrected chi connectivity index (χ2v) is 6.17. The quantitative estimate of drug-likeness (QED) is 0.789. The Morgan fingerprint density at radius 1 is 1.17 bits per heavy atom. The number of hydrogen-bond acceptors (Lipinski definition) is 3. The van der Waals surface area contributed by atoms with Gasteiger partial charge < -0.3 is 10.1 Å². The third kappa shape index (κ3) is 4.66. The number of nitrogens with one attached hydrogen (secondary N) is 1. The molecule has 0 bridgehead atoms. The third-order valence-corrected chi connectivity index (χ3v) is 3.96. The Morgan fingerprint density at radius 3 is 2.57 bits per heavy atom. The highest BCUT2D eigenvalue weighted by Gasteiger charge is 2.16. The van der Waals surface area contributed by atoms with Crippen LogP contribution in [0.15, 0.2) is 46.9 Å². The van der Waals surface area contributed by atoms with Gasteiger partial charge in [-0.1, -0.05) is 18.2 Å². The standard InChI is InChI=1S/C18H18BrNO3/c1-11-7-8-17(16(19)9-11)20-18(22)13(3)23-15-6-4-5-14(10-15)12(2)21/h4-10,13H,1-3H3,(H,20,22)/t13-/m1/s1. The SMILES string of the molecule is CC(=O)c1cccc(O[C@H](C)C(=O)Nc2ccc(C)cc2Br)c1. The number of ether oxygens (including phenoxy) is 1. The predicted molar refractivity (Wildman–Crippen MR) is 94.0 cm³/mol. The molecule has 4 nitrogen and oxygen atoms in total. The highest BCUT2D eigenvalue weighted by atomic mass is 79.9. The van der Waals surface area contributed by atoms with Crippen LogP contribution < -0.4 is 10.1 Å². The molecular formula is C18H18BrNO3. The van der Waals surface area contributed by atoms with Gasteiger partial charge in [0.15, 0.2) is 11.9 Å². The van der Waals surface area contributed by atoms with Gasteiger partial charge in [0, 0.05) is 10.0 Å². The smallest absolute Gasteiger partial charge is 0.265 e. The summed E-state index contributed by atoms with van der Waals surface area (Å²) >= 11 is 3.42. The molecule has 0 saturated carbocycles. The molecule has 2 aromatic rings. The fraction of sp³-hybridized carbons (Fsp3) is 0.222. The summed E-state index contributed by atoms with van der Waals surface area (Å²) < 4.78 is 6.44. The zero-order chi connectivity index (χ0) is 17.0. The van der Waals surface area contributed by atoms with Crippen LogP contribution in [0.3, 0.4) is 0 Å². The van der Waals surface area contributed by atoms with E-state index < -0.39 is 6.10 Å². The number of carbonyl (C=O) groups excluding carboxylic acids is 2. The van der Waals surface area contributed by atoms with E-state index in [9.17, 15) is 9.59 Å². The molecule has 1 N–H and O–H groups in total. The van der Waals surface area contributed by atoms with Gasteiger partial charge in [0.05, 0.1) is 5.69 Å². The van der Waals surface area contributed by atoms with Crippen molar-refractivity contribution in [2.24, 2.45) is 0 Å². The minimum Gasteiger partial charge on any atom is -0.481 e. The highest BCUT2D eigenvalue weighted by molar-refractivity contribution is 9.10. The molecular weight excluding hydrogens is 358 g/mol. The summed E-state index contributed by atoms with van der Waals surface area (Å²) in [5.41, 5.74) is 2.34. The van der Waals surface area contributed by atoms with E-state index in [0.717, 1.165) is 10.0 Å². The second-order valence-electron chi connectivity index (χ2n) is 5.32. The number of Topliss-reactive ketones (excluding diaryl/α,β-unsaturated/α-hetero) is 1. The van der Waals surface area contributed by atoms with Gasteiger partial charge in [0.1, 0.15) is 5.75 Å². The Bertz CT molecular complexity index is 743. The largest absolute Gasteiger partial charge is 0.481 e. The Morgan fingerprint density at radius 2 is 1.91 bits per heavy atom. The molecule has 120 valence electrons. The Balaban J connectivity index is 2.05. The lowest BCUT2D eigenvalue weighted by atomic mass is 10.1. The third-order valence-electron chi connectivity index (χ3n) is 3.31. The zero-order valence-electron chi connectivity index (χ0n) is 13.2. The fourth-order valence-corrected chi connectivity index (χ4v) is 2.59. The Hall–Kier alpha value is -2.14. The first-order valence-corrected chi connectivity index (χ1v) is 8.01. The fourth-order valence-electron chi connectivity index (χ4n) is 2.00. The van der Waals surface area contributed by atoms with Gasteiger partial charge in [-0.05, 0) is 66.5 Å². The first kappa shape index (κ1) is 17.2. The summed E-state index contributed by atoms with van der Waals surface area (Å²) in [6.45, 7) is 5.13. The summed E-state index contributed by atoms with van der Waals surface area (Å²) in [6.07, 6.45) is -0.689. The van der Waals surface area contributed by atoms with Crippen LogP contribution in [0.25, 0.3) is 0 Å². The van der Waals surface area contributed by atoms with Crippen molar-refractivity contribution in [3.05, 3.63) is 58.1 Å². The highest BCUT2D eigenvalue weighted by Crippen LogP contribution is 2.24. The number of carbonyl (C=O) groups is 2. The molecule has 2 rings (SSSR count). The Kier molecular flexibility index (Phi) is 5.55. The molecule has 0 aliphatic heterocycles. The summed E-state index contributed by atoms with van der Waals surface area (Å²) in [7, 11) is 0. The van der Waals surface area contributed by atoms with Crippen LogP contribution in [-0.2, 0) is 4.79 Å². The number of halogens is 1. The van der Waals surface area contributed by atoms with Gasteiger partial charge >= 0.3 is 0 Å². The molecule has 0 aliphatic carbocycles. The van der Waals surface area contributed by atoms with Crippen LogP contribution in [-0.4, -0.2) is 17.8 Å². The van der Waals surface area contributed by atoms with Gasteiger partial charge in [-0.3, -0.25) is 9.59 Å². The maximum atomic E-state index is 12.2. The summed E-state index contributed by atoms with van der Waals surface area (Å²) in [5, 5.41) is 2.82. The molecule has 0 aromatic heterocycles. The molecule has 5 heteroatoms. The van der Waals surface area contributed by atoms with Gasteiger partial charge in [-0.15, -0.1) is 0 Å². The van der Waals surface area contributed by atoms with E-state index in [1.807, 2.05) is 25.1 Å². The summed E-state index contributed by atoms with van der Waals surface area (Å²) in [6, 6.07) is 12.5. The maximum absolute atomic E-state index is 12.2. The minimum atomic E-state index is -0.689. The van der Waals surface area contributed by atoms with Crippen LogP contribution in [0.1, 0.15) is 29.8 Å². The molecule has 0 radical (unpaired) electrons. The van der Waals surface area contributed by atoms with Crippen molar-refractivity contribution in [2.45, 2.75) is 26.9 Å². The molecule has 0 heterocycles. The average molecular weight is 376 g/mol. The number of benzene rings is 2. The number of rotatable bonds is 5. The maximum Gasteiger partial charge on any atom is 0.265 e. The van der Waals surface area contributed by atoms with Crippen LogP contribution in [0, 0.1) is 6.92 Å². The topological polar surface area (TPSA) is 55.4 Å². The van der Waals surface area contributed by atoms with Crippen molar-refractivity contribution in [1.29, 1.82) is 0 Å². The average Bonchev–Trinajstić information content (AvgIpc) is 2.50. The van der Waals surface area contributed by atoms with Crippen molar-refractivity contribution < 1.29 is 14.3 Å². The number of hydrogen-bond donors (Lipinski definition) is 1. The van der Waals surface area contributed by atoms with Gasteiger partial charge in [-0.25, -0.2) is 0 Å². The summed E-state index contributed by atoms with van der Waals surface area (Å²) in [4.78, 5) is 23.6. The van der Waals surface area contributed by atoms with E-state index in [1.54, 1.807) is 31.2 Å². The lowest BCUT2D eigenvalue weighted by Crippen LogP contribution is -2.30. The van der Waals surface area contributed by atoms with Crippen LogP contribution in [0.4, 0.5) is 5.69 Å². The van der Waals surface area contributed by atoms with Crippen molar-refractivity contribution >= 4 is 33.3 Å². The molecule has 0 saturated heterocycles. The first-order valence-electron chi connectivity index (χ1n) is 7.21. The van der Waals surface area contributed by atoms with Crippen molar-refractivity contribution in [3.8, 4) is 5.75 Å². The lowest BCUT2D eigenvalue weighted by Gasteiger charge is -2.16. The normalized spacial score (nSPS) is 11.7. The zero-order valence-corrected chi connectivity index (χ0v) is 14.8. The summed E-state index contributed by atoms with van der Waals surface area (Å²) in [5.74, 6) is 0.183. The number of ketones is 1. The van der Waals surface area contributed by atoms with E-state index in [0.29, 0.717) is 17.0 Å². The number of amides is 1. The van der Waals surface area contributed by atoms with Crippen molar-refractivity contribution in [3.63, 3.8) is 0 Å². The van der Waals surface area contributed by atoms with Crippen LogP contribution in [0.5, 0.6) is 5.75 Å². The number of anilines is 1. The van der Waals surface area contributed by atoms with E-state index in [4.69, 9.17) is 4.74 Å². The number of aryl methyl sites for hydroxylation is 1. The van der Waals surface area contributed by atoms with Crippen molar-refractivity contribution in [1.82, 2.24) is 0 Å². The van der Waals surface area contributed by atoms with Crippen LogP contribution in [0.2, 0.25) is 0 Å². The lowest BCUT2D eigenvalue weighted by molar-refractivity contribution is -0.122. The van der Waals surface area contributed by atoms with E-state index >= 15 is 0 Å². The molecule has 0 unspecified atom stereocenters. The van der Waals surface area contributed by atoms with E-state index in [1.165, 1.54) is 6.92 Å². The molecule has 0 fully saturated rings. The van der Waals surface area contributed by atoms with Gasteiger partial charge in [-0.2, -0.15) is 0 Å². The molecule has 0 aliphatic rings. The molecule has 1 atom stereocenters. The van der Waals surface area contributed by atoms with Gasteiger partial charge in [0.2, 0.25) is 0 Å². The minimum absolute atomic E-state index is 0.0452. The van der Waals surface area contributed by atoms with Crippen LogP contribution >= 0.6 is 15.9 Å². The second kappa shape index (κ2) is 7.42. The monoisotopic (exact) mass is 375 g/mol.